The maximum atomic E-state index is 10.1. The van der Waals surface area contributed by atoms with Crippen molar-refractivity contribution in [1.82, 2.24) is 5.32 Å². The summed E-state index contributed by atoms with van der Waals surface area (Å²) in [6.07, 6.45) is 33.6. The Morgan fingerprint density at radius 2 is 1.03 bits per heavy atom. The van der Waals surface area contributed by atoms with Gasteiger partial charge in [-0.1, -0.05) is 93.7 Å². The molecule has 0 fully saturated rings. The molecule has 0 aromatic rings. The molecule has 0 heterocycles. The molecule has 3 atom stereocenters. The molecule has 0 saturated carbocycles. The second kappa shape index (κ2) is 22.5. The molecule has 0 aliphatic heterocycles. The van der Waals surface area contributed by atoms with E-state index in [9.17, 15) is 10.2 Å². The second-order valence-electron chi connectivity index (χ2n) is 8.65. The molecule has 0 spiro atoms. The molecule has 0 aromatic carbocycles. The first kappa shape index (κ1) is 30.3. The van der Waals surface area contributed by atoms with Crippen molar-refractivity contribution < 1.29 is 10.2 Å². The van der Waals surface area contributed by atoms with Crippen LogP contribution >= 0.6 is 0 Å². The van der Waals surface area contributed by atoms with E-state index in [4.69, 9.17) is 0 Å². The Labute approximate surface area is 198 Å². The molecule has 0 rings (SSSR count). The predicted molar refractivity (Wildman–Crippen MR) is 142 cm³/mol. The Kier molecular flexibility index (Phi) is 21.3. The van der Waals surface area contributed by atoms with Crippen molar-refractivity contribution in [1.29, 1.82) is 0 Å². The van der Waals surface area contributed by atoms with Crippen LogP contribution in [0.1, 0.15) is 85.5 Å². The SMILES string of the molecule is CC/C=C\C/C=C\C/C=C\C/C=C\C/C=C\C/C=C\CCC(O)NC(CC(C)C)C(C)O. The van der Waals surface area contributed by atoms with E-state index in [0.29, 0.717) is 12.3 Å². The maximum absolute atomic E-state index is 10.1. The highest BCUT2D eigenvalue weighted by atomic mass is 16.3. The average molecular weight is 444 g/mol. The number of allylic oxidation sites excluding steroid dienone is 12. The molecule has 0 aromatic heterocycles. The zero-order chi connectivity index (χ0) is 23.9. The molecule has 0 amide bonds. The van der Waals surface area contributed by atoms with E-state index in [2.05, 4.69) is 99.0 Å². The van der Waals surface area contributed by atoms with Gasteiger partial charge in [-0.15, -0.1) is 0 Å². The van der Waals surface area contributed by atoms with Gasteiger partial charge in [-0.05, 0) is 70.6 Å². The lowest BCUT2D eigenvalue weighted by molar-refractivity contribution is 0.0614. The smallest absolute Gasteiger partial charge is 0.105 e. The molecular formula is C29H49NO2. The highest BCUT2D eigenvalue weighted by Gasteiger charge is 2.18. The monoisotopic (exact) mass is 443 g/mol. The molecule has 32 heavy (non-hydrogen) atoms. The third-order valence-corrected chi connectivity index (χ3v) is 4.92. The van der Waals surface area contributed by atoms with Crippen LogP contribution in [-0.4, -0.2) is 28.6 Å². The molecule has 0 aliphatic carbocycles. The first-order valence-corrected chi connectivity index (χ1v) is 12.5. The largest absolute Gasteiger partial charge is 0.392 e. The number of hydrogen-bond acceptors (Lipinski definition) is 3. The number of aliphatic hydroxyl groups excluding tert-OH is 2. The van der Waals surface area contributed by atoms with E-state index >= 15 is 0 Å². The van der Waals surface area contributed by atoms with E-state index < -0.39 is 12.3 Å². The van der Waals surface area contributed by atoms with Gasteiger partial charge in [0, 0.05) is 6.04 Å². The predicted octanol–water partition coefficient (Wildman–Crippen LogP) is 7.17. The molecule has 3 heteroatoms. The van der Waals surface area contributed by atoms with Gasteiger partial charge in [-0.3, -0.25) is 5.32 Å². The zero-order valence-electron chi connectivity index (χ0n) is 21.0. The standard InChI is InChI=1S/C29H49NO2/c1-5-6-7-8-9-10-11-12-13-14-15-16-17-18-19-20-21-22-23-24-29(32)30-28(27(4)31)25-26(2)3/h6-7,9-10,12-13,15-16,18-19,21-22,26-32H,5,8,11,14,17,20,23-25H2,1-4H3/b7-6-,10-9-,13-12-,16-15-,19-18-,22-21-. The average Bonchev–Trinajstić information content (AvgIpc) is 2.74. The molecule has 0 saturated heterocycles. The van der Waals surface area contributed by atoms with Gasteiger partial charge < -0.3 is 10.2 Å². The van der Waals surface area contributed by atoms with Crippen molar-refractivity contribution in [3.8, 4) is 0 Å². The van der Waals surface area contributed by atoms with Crippen molar-refractivity contribution in [2.24, 2.45) is 5.92 Å². The Hall–Kier alpha value is -1.68. The van der Waals surface area contributed by atoms with Gasteiger partial charge >= 0.3 is 0 Å². The van der Waals surface area contributed by atoms with Gasteiger partial charge in [-0.2, -0.15) is 0 Å². The number of aliphatic hydroxyl groups is 2. The Balaban J connectivity index is 3.77. The summed E-state index contributed by atoms with van der Waals surface area (Å²) in [5, 5.41) is 23.1. The molecule has 182 valence electrons. The number of hydrogen-bond donors (Lipinski definition) is 3. The minimum atomic E-state index is -0.577. The van der Waals surface area contributed by atoms with E-state index in [0.717, 1.165) is 51.4 Å². The molecule has 0 aliphatic rings. The van der Waals surface area contributed by atoms with Crippen LogP contribution in [0.5, 0.6) is 0 Å². The Morgan fingerprint density at radius 3 is 1.41 bits per heavy atom. The Bertz CT molecular complexity index is 582. The quantitative estimate of drug-likeness (QED) is 0.146. The fourth-order valence-electron chi connectivity index (χ4n) is 3.14. The van der Waals surface area contributed by atoms with E-state index in [1.807, 2.05) is 0 Å². The Morgan fingerprint density at radius 1 is 0.625 bits per heavy atom. The zero-order valence-corrected chi connectivity index (χ0v) is 21.0. The number of nitrogens with one attached hydrogen (secondary N) is 1. The van der Waals surface area contributed by atoms with E-state index in [-0.39, 0.29) is 6.04 Å². The second-order valence-corrected chi connectivity index (χ2v) is 8.65. The third kappa shape index (κ3) is 21.5. The third-order valence-electron chi connectivity index (χ3n) is 4.92. The van der Waals surface area contributed by atoms with Crippen LogP contribution < -0.4 is 5.32 Å². The summed E-state index contributed by atoms with van der Waals surface area (Å²) in [6, 6.07) is -0.0599. The first-order valence-electron chi connectivity index (χ1n) is 12.5. The molecule has 3 nitrogen and oxygen atoms in total. The van der Waals surface area contributed by atoms with Gasteiger partial charge in [0.2, 0.25) is 0 Å². The van der Waals surface area contributed by atoms with Crippen molar-refractivity contribution in [2.45, 2.75) is 104 Å². The van der Waals surface area contributed by atoms with Crippen LogP contribution in [-0.2, 0) is 0 Å². The number of rotatable bonds is 19. The van der Waals surface area contributed by atoms with Gasteiger partial charge in [0.1, 0.15) is 6.23 Å². The van der Waals surface area contributed by atoms with Crippen molar-refractivity contribution >= 4 is 0 Å². The summed E-state index contributed by atoms with van der Waals surface area (Å²) in [4.78, 5) is 0. The lowest BCUT2D eigenvalue weighted by Crippen LogP contribution is -2.45. The van der Waals surface area contributed by atoms with Crippen LogP contribution in [0.4, 0.5) is 0 Å². The molecule has 0 bridgehead atoms. The summed E-state index contributed by atoms with van der Waals surface area (Å²) in [5.74, 6) is 0.484. The fraction of sp³-hybridized carbons (Fsp3) is 0.586. The van der Waals surface area contributed by atoms with Crippen molar-refractivity contribution in [3.05, 3.63) is 72.9 Å². The fourth-order valence-corrected chi connectivity index (χ4v) is 3.14. The summed E-state index contributed by atoms with van der Waals surface area (Å²) in [6.45, 7) is 8.18. The van der Waals surface area contributed by atoms with Crippen LogP contribution in [0, 0.1) is 5.92 Å². The van der Waals surface area contributed by atoms with E-state index in [1.54, 1.807) is 6.92 Å². The minimum absolute atomic E-state index is 0.0599. The molecular weight excluding hydrogens is 394 g/mol. The minimum Gasteiger partial charge on any atom is -0.392 e. The van der Waals surface area contributed by atoms with Gasteiger partial charge in [0.25, 0.3) is 0 Å². The summed E-state index contributed by atoms with van der Waals surface area (Å²) in [7, 11) is 0. The lowest BCUT2D eigenvalue weighted by atomic mass is 9.99. The van der Waals surface area contributed by atoms with Crippen molar-refractivity contribution in [2.75, 3.05) is 0 Å². The summed E-state index contributed by atoms with van der Waals surface area (Å²) in [5.41, 5.74) is 0. The molecule has 3 unspecified atom stereocenters. The van der Waals surface area contributed by atoms with Gasteiger partial charge in [-0.25, -0.2) is 0 Å². The summed E-state index contributed by atoms with van der Waals surface area (Å²) >= 11 is 0. The topological polar surface area (TPSA) is 52.5 Å². The highest BCUT2D eigenvalue weighted by molar-refractivity contribution is 5.01. The highest BCUT2D eigenvalue weighted by Crippen LogP contribution is 2.10. The maximum Gasteiger partial charge on any atom is 0.105 e. The molecule has 3 N–H and O–H groups in total. The van der Waals surface area contributed by atoms with Gasteiger partial charge in [0.05, 0.1) is 6.10 Å². The van der Waals surface area contributed by atoms with Gasteiger partial charge in [0.15, 0.2) is 0 Å². The molecule has 0 radical (unpaired) electrons. The summed E-state index contributed by atoms with van der Waals surface area (Å²) < 4.78 is 0. The van der Waals surface area contributed by atoms with Crippen LogP contribution in [0.25, 0.3) is 0 Å². The van der Waals surface area contributed by atoms with Crippen LogP contribution in [0.3, 0.4) is 0 Å². The van der Waals surface area contributed by atoms with E-state index in [1.165, 1.54) is 0 Å². The normalized spacial score (nSPS) is 16.2. The van der Waals surface area contributed by atoms with Crippen molar-refractivity contribution in [3.63, 3.8) is 0 Å². The van der Waals surface area contributed by atoms with Crippen LogP contribution in [0.2, 0.25) is 0 Å². The lowest BCUT2D eigenvalue weighted by Gasteiger charge is -2.26. The van der Waals surface area contributed by atoms with Crippen LogP contribution in [0.15, 0.2) is 72.9 Å². The first-order chi connectivity index (χ1) is 15.5.